The van der Waals surface area contributed by atoms with E-state index in [1.54, 1.807) is 18.5 Å². The van der Waals surface area contributed by atoms with Crippen molar-refractivity contribution in [3.8, 4) is 11.1 Å². The standard InChI is InChI=1S/C14H12N6O2/c15-12(21)11-9-2-1-7(8-4-17-6-18-5-8)3-10(9)19-13(11)20-14(16)22/h1-6,19H,(H2,15,21)(H3,16,20,22). The van der Waals surface area contributed by atoms with Crippen molar-refractivity contribution in [1.82, 2.24) is 15.0 Å². The molecule has 0 aliphatic heterocycles. The fraction of sp³-hybridized carbons (Fsp3) is 0. The minimum absolute atomic E-state index is 0.177. The number of urea groups is 1. The fourth-order valence-electron chi connectivity index (χ4n) is 2.30. The van der Waals surface area contributed by atoms with Crippen molar-refractivity contribution >= 4 is 28.7 Å². The second-order valence-electron chi connectivity index (χ2n) is 4.62. The van der Waals surface area contributed by atoms with Crippen LogP contribution in [0.3, 0.4) is 0 Å². The van der Waals surface area contributed by atoms with Gasteiger partial charge in [0, 0.05) is 28.9 Å². The molecule has 1 aromatic carbocycles. The summed E-state index contributed by atoms with van der Waals surface area (Å²) in [7, 11) is 0. The number of amides is 3. The smallest absolute Gasteiger partial charge is 0.317 e. The van der Waals surface area contributed by atoms with Crippen LogP contribution in [0.25, 0.3) is 22.0 Å². The number of carbonyl (C=O) groups is 2. The summed E-state index contributed by atoms with van der Waals surface area (Å²) >= 11 is 0. The topological polar surface area (TPSA) is 140 Å². The average Bonchev–Trinajstić information content (AvgIpc) is 2.84. The van der Waals surface area contributed by atoms with Gasteiger partial charge in [0.25, 0.3) is 5.91 Å². The molecule has 22 heavy (non-hydrogen) atoms. The maximum Gasteiger partial charge on any atom is 0.317 e. The highest BCUT2D eigenvalue weighted by Crippen LogP contribution is 2.29. The van der Waals surface area contributed by atoms with Gasteiger partial charge in [-0.2, -0.15) is 0 Å². The minimum Gasteiger partial charge on any atom is -0.365 e. The number of aromatic amines is 1. The molecule has 8 nitrogen and oxygen atoms in total. The first-order valence-corrected chi connectivity index (χ1v) is 6.33. The van der Waals surface area contributed by atoms with Gasteiger partial charge in [0.1, 0.15) is 12.1 Å². The van der Waals surface area contributed by atoms with Crippen molar-refractivity contribution in [3.05, 3.63) is 42.5 Å². The highest BCUT2D eigenvalue weighted by molar-refractivity contribution is 6.13. The molecular weight excluding hydrogens is 284 g/mol. The Labute approximate surface area is 124 Å². The van der Waals surface area contributed by atoms with E-state index in [1.165, 1.54) is 6.33 Å². The lowest BCUT2D eigenvalue weighted by Crippen LogP contribution is -2.22. The van der Waals surface area contributed by atoms with Gasteiger partial charge in [0.15, 0.2) is 0 Å². The van der Waals surface area contributed by atoms with Crippen LogP contribution in [0.5, 0.6) is 0 Å². The van der Waals surface area contributed by atoms with Gasteiger partial charge in [-0.1, -0.05) is 12.1 Å². The Morgan fingerprint density at radius 1 is 1.09 bits per heavy atom. The summed E-state index contributed by atoms with van der Waals surface area (Å²) < 4.78 is 0. The zero-order chi connectivity index (χ0) is 15.7. The van der Waals surface area contributed by atoms with Crippen LogP contribution in [-0.4, -0.2) is 26.9 Å². The lowest BCUT2D eigenvalue weighted by molar-refractivity contribution is 0.100. The van der Waals surface area contributed by atoms with Crippen LogP contribution in [0.15, 0.2) is 36.9 Å². The van der Waals surface area contributed by atoms with E-state index in [2.05, 4.69) is 20.3 Å². The summed E-state index contributed by atoms with van der Waals surface area (Å²) in [5, 5.41) is 2.96. The van der Waals surface area contributed by atoms with Gasteiger partial charge in [-0.15, -0.1) is 0 Å². The summed E-state index contributed by atoms with van der Waals surface area (Å²) in [4.78, 5) is 33.5. The van der Waals surface area contributed by atoms with E-state index in [0.29, 0.717) is 10.9 Å². The van der Waals surface area contributed by atoms with Crippen molar-refractivity contribution in [2.45, 2.75) is 0 Å². The first-order chi connectivity index (χ1) is 10.6. The molecule has 0 bridgehead atoms. The van der Waals surface area contributed by atoms with Gasteiger partial charge in [-0.25, -0.2) is 14.8 Å². The van der Waals surface area contributed by atoms with Crippen molar-refractivity contribution in [3.63, 3.8) is 0 Å². The van der Waals surface area contributed by atoms with Gasteiger partial charge >= 0.3 is 6.03 Å². The van der Waals surface area contributed by atoms with Crippen LogP contribution in [0.4, 0.5) is 10.6 Å². The molecule has 2 heterocycles. The zero-order valence-electron chi connectivity index (χ0n) is 11.3. The number of aromatic nitrogens is 3. The minimum atomic E-state index is -0.786. The lowest BCUT2D eigenvalue weighted by atomic mass is 10.1. The van der Waals surface area contributed by atoms with E-state index < -0.39 is 11.9 Å². The molecule has 0 aliphatic rings. The largest absolute Gasteiger partial charge is 0.365 e. The molecule has 0 fully saturated rings. The summed E-state index contributed by atoms with van der Waals surface area (Å²) in [5.74, 6) is -0.484. The van der Waals surface area contributed by atoms with E-state index in [1.807, 2.05) is 12.1 Å². The molecule has 0 saturated heterocycles. The number of benzene rings is 1. The van der Waals surface area contributed by atoms with E-state index in [0.717, 1.165) is 11.1 Å². The van der Waals surface area contributed by atoms with Gasteiger partial charge in [-0.05, 0) is 11.6 Å². The normalized spacial score (nSPS) is 10.5. The molecule has 0 radical (unpaired) electrons. The number of H-pyrrole nitrogens is 1. The number of nitrogens with zero attached hydrogens (tertiary/aromatic N) is 2. The second kappa shape index (κ2) is 5.17. The van der Waals surface area contributed by atoms with E-state index >= 15 is 0 Å². The molecule has 0 unspecified atom stereocenters. The monoisotopic (exact) mass is 296 g/mol. The quantitative estimate of drug-likeness (QED) is 0.576. The summed E-state index contributed by atoms with van der Waals surface area (Å²) in [5.41, 5.74) is 13.0. The molecule has 0 spiro atoms. The zero-order valence-corrected chi connectivity index (χ0v) is 11.3. The fourth-order valence-corrected chi connectivity index (χ4v) is 2.30. The van der Waals surface area contributed by atoms with Crippen LogP contribution in [0.1, 0.15) is 10.4 Å². The molecular formula is C14H12N6O2. The van der Waals surface area contributed by atoms with Crippen LogP contribution < -0.4 is 16.8 Å². The number of anilines is 1. The summed E-state index contributed by atoms with van der Waals surface area (Å²) in [6, 6.07) is 4.58. The summed E-state index contributed by atoms with van der Waals surface area (Å²) in [6.45, 7) is 0. The molecule has 3 amide bonds. The molecule has 0 aliphatic carbocycles. The van der Waals surface area contributed by atoms with Crippen molar-refractivity contribution < 1.29 is 9.59 Å². The third-order valence-electron chi connectivity index (χ3n) is 3.19. The predicted octanol–water partition coefficient (Wildman–Crippen LogP) is 1.21. The van der Waals surface area contributed by atoms with Gasteiger partial charge < -0.3 is 16.5 Å². The van der Waals surface area contributed by atoms with Crippen LogP contribution in [0, 0.1) is 0 Å². The molecule has 3 aromatic rings. The van der Waals surface area contributed by atoms with Crippen LogP contribution in [0.2, 0.25) is 0 Å². The second-order valence-corrected chi connectivity index (χ2v) is 4.62. The number of nitrogens with two attached hydrogens (primary N) is 2. The Bertz CT molecular complexity index is 872. The Balaban J connectivity index is 2.17. The SMILES string of the molecule is NC(=O)Nc1[nH]c2cc(-c3cncnc3)ccc2c1C(N)=O. The number of rotatable bonds is 3. The average molecular weight is 296 g/mol. The van der Waals surface area contributed by atoms with E-state index in [-0.39, 0.29) is 11.4 Å². The number of fused-ring (bicyclic) bond motifs is 1. The highest BCUT2D eigenvalue weighted by atomic mass is 16.2. The number of hydrogen-bond donors (Lipinski definition) is 4. The first kappa shape index (κ1) is 13.6. The van der Waals surface area contributed by atoms with E-state index in [4.69, 9.17) is 11.5 Å². The van der Waals surface area contributed by atoms with E-state index in [9.17, 15) is 9.59 Å². The van der Waals surface area contributed by atoms with Crippen molar-refractivity contribution in [1.29, 1.82) is 0 Å². The van der Waals surface area contributed by atoms with Crippen LogP contribution in [-0.2, 0) is 0 Å². The molecule has 2 aromatic heterocycles. The number of hydrogen-bond acceptors (Lipinski definition) is 4. The van der Waals surface area contributed by atoms with Gasteiger partial charge in [-0.3, -0.25) is 10.1 Å². The Morgan fingerprint density at radius 2 is 1.82 bits per heavy atom. The molecule has 8 heteroatoms. The number of carbonyl (C=O) groups excluding carboxylic acids is 2. The maximum atomic E-state index is 11.6. The molecule has 110 valence electrons. The molecule has 6 N–H and O–H groups in total. The third kappa shape index (κ3) is 2.33. The Hall–Kier alpha value is -3.42. The predicted molar refractivity (Wildman–Crippen MR) is 81.0 cm³/mol. The molecule has 0 atom stereocenters. The van der Waals surface area contributed by atoms with Crippen LogP contribution >= 0.6 is 0 Å². The third-order valence-corrected chi connectivity index (χ3v) is 3.19. The van der Waals surface area contributed by atoms with Gasteiger partial charge in [0.05, 0.1) is 5.56 Å². The maximum absolute atomic E-state index is 11.6. The lowest BCUT2D eigenvalue weighted by Gasteiger charge is -2.01. The Kier molecular flexibility index (Phi) is 3.18. The Morgan fingerprint density at radius 3 is 2.45 bits per heavy atom. The number of primary amides is 2. The number of nitrogens with one attached hydrogen (secondary N) is 2. The van der Waals surface area contributed by atoms with Crippen molar-refractivity contribution in [2.24, 2.45) is 11.5 Å². The van der Waals surface area contributed by atoms with Crippen molar-refractivity contribution in [2.75, 3.05) is 5.32 Å². The summed E-state index contributed by atoms with van der Waals surface area (Å²) in [6.07, 6.45) is 4.79. The molecule has 3 rings (SSSR count). The highest BCUT2D eigenvalue weighted by Gasteiger charge is 2.17. The van der Waals surface area contributed by atoms with Gasteiger partial charge in [0.2, 0.25) is 0 Å². The first-order valence-electron chi connectivity index (χ1n) is 6.33. The molecule has 0 saturated carbocycles.